The second kappa shape index (κ2) is 20.8. The molecule has 2 heterocycles. The summed E-state index contributed by atoms with van der Waals surface area (Å²) >= 11 is 0. The summed E-state index contributed by atoms with van der Waals surface area (Å²) in [4.78, 5) is 15.1. The summed E-state index contributed by atoms with van der Waals surface area (Å²) in [5.41, 5.74) is 3.56. The molecule has 2 aliphatic rings. The van der Waals surface area contributed by atoms with Crippen LogP contribution in [0.15, 0.2) is 48.5 Å². The number of likely N-dealkylation sites (tertiary alicyclic amines) is 1. The Balaban J connectivity index is 1.23. The molecule has 7 heteroatoms. The van der Waals surface area contributed by atoms with Crippen LogP contribution in [0.3, 0.4) is 0 Å². The molecule has 0 saturated carbocycles. The molecule has 2 aliphatic heterocycles. The number of aliphatic hydroxyl groups excluding tert-OH is 2. The molecule has 2 aromatic carbocycles. The van der Waals surface area contributed by atoms with Gasteiger partial charge in [0, 0.05) is 36.7 Å². The lowest BCUT2D eigenvalue weighted by Gasteiger charge is -2.38. The average Bonchev–Trinajstić information content (AvgIpc) is 3.53. The highest BCUT2D eigenvalue weighted by atomic mass is 16.7. The van der Waals surface area contributed by atoms with Crippen LogP contribution in [0.5, 0.6) is 0 Å². The summed E-state index contributed by atoms with van der Waals surface area (Å²) in [5, 5.41) is 22.5. The number of carbonyl (C=O) groups excluding carboxylic acids is 1. The number of amides is 1. The molecule has 0 bridgehead atoms. The third-order valence-electron chi connectivity index (χ3n) is 9.71. The Morgan fingerprint density at radius 3 is 2.17 bits per heavy atom. The van der Waals surface area contributed by atoms with Gasteiger partial charge in [0.05, 0.1) is 25.4 Å². The molecule has 7 nitrogen and oxygen atoms in total. The maximum Gasteiger partial charge on any atom is 0.224 e. The molecule has 2 saturated heterocycles. The van der Waals surface area contributed by atoms with E-state index in [0.717, 1.165) is 61.2 Å². The highest BCUT2D eigenvalue weighted by molar-refractivity contribution is 5.90. The van der Waals surface area contributed by atoms with Crippen molar-refractivity contribution in [2.24, 2.45) is 0 Å². The predicted octanol–water partition coefficient (Wildman–Crippen LogP) is 8.60. The van der Waals surface area contributed by atoms with E-state index in [1.807, 2.05) is 48.5 Å². The SMILES string of the molecule is CCCCCCCCCCCCCCCC(=O)Nc1cccc(C2O[C@H](CN3CCC[C@H]3CO)C[C@H](c3ccc(CO)cc3)O2)c1. The van der Waals surface area contributed by atoms with Gasteiger partial charge in [0.2, 0.25) is 5.91 Å². The van der Waals surface area contributed by atoms with Gasteiger partial charge >= 0.3 is 0 Å². The van der Waals surface area contributed by atoms with Gasteiger partial charge in [-0.2, -0.15) is 0 Å². The summed E-state index contributed by atoms with van der Waals surface area (Å²) < 4.78 is 13.1. The van der Waals surface area contributed by atoms with Gasteiger partial charge in [0.1, 0.15) is 0 Å². The number of nitrogens with zero attached hydrogens (tertiary/aromatic N) is 1. The van der Waals surface area contributed by atoms with Crippen LogP contribution < -0.4 is 5.32 Å². The molecular weight excluding hydrogens is 576 g/mol. The van der Waals surface area contributed by atoms with Crippen LogP contribution in [0.25, 0.3) is 0 Å². The van der Waals surface area contributed by atoms with Crippen molar-refractivity contribution in [2.45, 2.75) is 147 Å². The standard InChI is InChI=1S/C39H60N2O5/c1-2-3-4-5-6-7-8-9-10-11-12-13-14-20-38(44)40-34-18-15-17-33(26-34)39-45-36(28-41-25-16-19-35(41)30-43)27-37(46-39)32-23-21-31(29-42)22-24-32/h15,17-18,21-24,26,35-37,39,42-43H,2-14,16,19-20,25,27-30H2,1H3,(H,40,44)/t35-,36-,37+,39?/m0/s1. The average molecular weight is 637 g/mol. The number of hydrogen-bond donors (Lipinski definition) is 3. The first-order chi connectivity index (χ1) is 22.6. The van der Waals surface area contributed by atoms with Gasteiger partial charge in [-0.3, -0.25) is 9.69 Å². The van der Waals surface area contributed by atoms with E-state index in [2.05, 4.69) is 17.1 Å². The number of hydrogen-bond acceptors (Lipinski definition) is 6. The second-order valence-electron chi connectivity index (χ2n) is 13.5. The van der Waals surface area contributed by atoms with Gasteiger partial charge in [-0.25, -0.2) is 0 Å². The van der Waals surface area contributed by atoms with E-state index in [1.54, 1.807) is 0 Å². The maximum atomic E-state index is 12.8. The second-order valence-corrected chi connectivity index (χ2v) is 13.5. The monoisotopic (exact) mass is 636 g/mol. The fourth-order valence-electron chi connectivity index (χ4n) is 6.93. The first kappa shape index (κ1) is 36.5. The topological polar surface area (TPSA) is 91.3 Å². The summed E-state index contributed by atoms with van der Waals surface area (Å²) in [6.07, 6.45) is 19.3. The molecule has 2 fully saturated rings. The van der Waals surface area contributed by atoms with Gasteiger partial charge in [-0.05, 0) is 49.1 Å². The van der Waals surface area contributed by atoms with Crippen molar-refractivity contribution in [2.75, 3.05) is 25.0 Å². The molecule has 2 aromatic rings. The zero-order valence-electron chi connectivity index (χ0n) is 28.3. The molecule has 4 atom stereocenters. The van der Waals surface area contributed by atoms with Crippen LogP contribution in [-0.2, 0) is 20.9 Å². The zero-order valence-corrected chi connectivity index (χ0v) is 28.3. The van der Waals surface area contributed by atoms with Crippen molar-refractivity contribution in [3.05, 3.63) is 65.2 Å². The highest BCUT2D eigenvalue weighted by Gasteiger charge is 2.35. The molecule has 3 N–H and O–H groups in total. The fraction of sp³-hybridized carbons (Fsp3) is 0.667. The maximum absolute atomic E-state index is 12.8. The smallest absolute Gasteiger partial charge is 0.224 e. The van der Waals surface area contributed by atoms with Gasteiger partial charge in [-0.15, -0.1) is 0 Å². The fourth-order valence-corrected chi connectivity index (χ4v) is 6.93. The van der Waals surface area contributed by atoms with Gasteiger partial charge in [-0.1, -0.05) is 120 Å². The molecule has 46 heavy (non-hydrogen) atoms. The summed E-state index contributed by atoms with van der Waals surface area (Å²) in [6, 6.07) is 15.9. The van der Waals surface area contributed by atoms with Crippen molar-refractivity contribution in [3.63, 3.8) is 0 Å². The van der Waals surface area contributed by atoms with E-state index in [0.29, 0.717) is 12.8 Å². The normalized spacial score (nSPS) is 21.9. The van der Waals surface area contributed by atoms with E-state index in [-0.39, 0.29) is 37.4 Å². The summed E-state index contributed by atoms with van der Waals surface area (Å²) in [7, 11) is 0. The number of nitrogens with one attached hydrogen (secondary N) is 1. The predicted molar refractivity (Wildman–Crippen MR) is 185 cm³/mol. The third kappa shape index (κ3) is 12.4. The Bertz CT molecular complexity index is 1130. The Morgan fingerprint density at radius 2 is 1.52 bits per heavy atom. The first-order valence-corrected chi connectivity index (χ1v) is 18.3. The number of carbonyl (C=O) groups is 1. The number of aliphatic hydroxyl groups is 2. The van der Waals surface area contributed by atoms with Gasteiger partial charge in [0.15, 0.2) is 6.29 Å². The minimum absolute atomic E-state index is 0.00947. The lowest BCUT2D eigenvalue weighted by Crippen LogP contribution is -2.42. The molecule has 1 amide bonds. The molecule has 256 valence electrons. The quantitative estimate of drug-likeness (QED) is 0.119. The largest absolute Gasteiger partial charge is 0.395 e. The Labute approximate surface area is 278 Å². The van der Waals surface area contributed by atoms with Crippen LogP contribution >= 0.6 is 0 Å². The van der Waals surface area contributed by atoms with Crippen molar-refractivity contribution in [1.82, 2.24) is 4.90 Å². The Kier molecular flexibility index (Phi) is 16.6. The van der Waals surface area contributed by atoms with E-state index in [4.69, 9.17) is 9.47 Å². The minimum Gasteiger partial charge on any atom is -0.395 e. The Hall–Kier alpha value is -2.29. The van der Waals surface area contributed by atoms with Gasteiger partial charge in [0.25, 0.3) is 0 Å². The zero-order chi connectivity index (χ0) is 32.4. The van der Waals surface area contributed by atoms with E-state index in [1.165, 1.54) is 70.6 Å². The van der Waals surface area contributed by atoms with Crippen molar-refractivity contribution in [1.29, 1.82) is 0 Å². The van der Waals surface area contributed by atoms with Gasteiger partial charge < -0.3 is 25.0 Å². The third-order valence-corrected chi connectivity index (χ3v) is 9.71. The molecule has 0 aromatic heterocycles. The van der Waals surface area contributed by atoms with E-state index >= 15 is 0 Å². The summed E-state index contributed by atoms with van der Waals surface area (Å²) in [6.45, 7) is 4.15. The number of rotatable bonds is 21. The number of unbranched alkanes of at least 4 members (excludes halogenated alkanes) is 12. The van der Waals surface area contributed by atoms with E-state index < -0.39 is 6.29 Å². The number of anilines is 1. The van der Waals surface area contributed by atoms with Crippen molar-refractivity contribution >= 4 is 11.6 Å². The van der Waals surface area contributed by atoms with E-state index in [9.17, 15) is 15.0 Å². The molecule has 0 aliphatic carbocycles. The first-order valence-electron chi connectivity index (χ1n) is 18.3. The van der Waals surface area contributed by atoms with Crippen LogP contribution in [0.4, 0.5) is 5.69 Å². The number of benzene rings is 2. The molecular formula is C39H60N2O5. The molecule has 1 unspecified atom stereocenters. The van der Waals surface area contributed by atoms with Crippen LogP contribution in [-0.4, -0.2) is 52.9 Å². The number of ether oxygens (including phenoxy) is 2. The molecule has 0 radical (unpaired) electrons. The molecule has 4 rings (SSSR count). The van der Waals surface area contributed by atoms with Crippen LogP contribution in [0.1, 0.15) is 145 Å². The highest BCUT2D eigenvalue weighted by Crippen LogP contribution is 2.39. The summed E-state index contributed by atoms with van der Waals surface area (Å²) in [5.74, 6) is 0.0505. The molecule has 0 spiro atoms. The Morgan fingerprint density at radius 1 is 0.848 bits per heavy atom. The lowest BCUT2D eigenvalue weighted by molar-refractivity contribution is -0.253. The van der Waals surface area contributed by atoms with Crippen molar-refractivity contribution < 1.29 is 24.5 Å². The van der Waals surface area contributed by atoms with Crippen molar-refractivity contribution in [3.8, 4) is 0 Å². The van der Waals surface area contributed by atoms with Crippen LogP contribution in [0.2, 0.25) is 0 Å². The van der Waals surface area contributed by atoms with Crippen LogP contribution in [0, 0.1) is 0 Å². The lowest BCUT2D eigenvalue weighted by atomic mass is 9.99. The minimum atomic E-state index is -0.575.